The van der Waals surface area contributed by atoms with E-state index in [0.717, 1.165) is 0 Å². The summed E-state index contributed by atoms with van der Waals surface area (Å²) < 4.78 is 0. The second kappa shape index (κ2) is 31.2. The predicted molar refractivity (Wildman–Crippen MR) is 144 cm³/mol. The fourth-order valence-electron chi connectivity index (χ4n) is 1.92. The summed E-state index contributed by atoms with van der Waals surface area (Å²) in [5.74, 6) is 0.644. The first-order valence-electron chi connectivity index (χ1n) is 10.2. The maximum atomic E-state index is 8.63. The Morgan fingerprint density at radius 2 is 0.714 bits per heavy atom. The largest absolute Gasteiger partial charge is 0.508 e. The Morgan fingerprint density at radius 1 is 0.536 bits per heavy atom. The summed E-state index contributed by atoms with van der Waals surface area (Å²) in [6.45, 7) is 8.50. The summed E-state index contributed by atoms with van der Waals surface area (Å²) in [7, 11) is 0. The Labute approximate surface area is 197 Å². The molecule has 2 aromatic rings. The van der Waals surface area contributed by atoms with Crippen LogP contribution in [0.25, 0.3) is 0 Å². The Morgan fingerprint density at radius 3 is 0.821 bits per heavy atom. The summed E-state index contributed by atoms with van der Waals surface area (Å²) in [5, 5.41) is 17.3. The molecule has 0 atom stereocenters. The van der Waals surface area contributed by atoms with Crippen LogP contribution in [0, 0.1) is 0 Å². The number of phenols is 2. The quantitative estimate of drug-likeness (QED) is 0.290. The van der Waals surface area contributed by atoms with Gasteiger partial charge in [0.2, 0.25) is 0 Å². The van der Waals surface area contributed by atoms with Crippen molar-refractivity contribution in [2.24, 2.45) is 0 Å². The summed E-state index contributed by atoms with van der Waals surface area (Å²) in [4.78, 5) is 0. The van der Waals surface area contributed by atoms with Crippen LogP contribution in [-0.4, -0.2) is 10.2 Å². The van der Waals surface area contributed by atoms with Gasteiger partial charge in [0.15, 0.2) is 0 Å². The zero-order chi connectivity index (χ0) is 21.9. The van der Waals surface area contributed by atoms with Gasteiger partial charge in [0.05, 0.1) is 0 Å². The summed E-state index contributed by atoms with van der Waals surface area (Å²) >= 11 is 4.24. The molecule has 0 aliphatic heterocycles. The molecule has 1 fully saturated rings. The zero-order valence-electron chi connectivity index (χ0n) is 18.1. The van der Waals surface area contributed by atoms with Gasteiger partial charge in [0.25, 0.3) is 0 Å². The van der Waals surface area contributed by atoms with Crippen molar-refractivity contribution in [2.45, 2.75) is 79.1 Å². The maximum Gasteiger partial charge on any atom is 0.115 e. The van der Waals surface area contributed by atoms with Crippen LogP contribution in [0.4, 0.5) is 0 Å². The van der Waals surface area contributed by atoms with Crippen molar-refractivity contribution in [3.05, 3.63) is 60.7 Å². The average molecular weight is 614 g/mol. The van der Waals surface area contributed by atoms with E-state index in [2.05, 4.69) is 64.9 Å². The highest BCUT2D eigenvalue weighted by molar-refractivity contribution is 15.0. The van der Waals surface area contributed by atoms with Crippen molar-refractivity contribution in [1.82, 2.24) is 0 Å². The third-order valence-electron chi connectivity index (χ3n) is 3.01. The predicted octanol–water partition coefficient (Wildman–Crippen LogP) is 9.73. The molecule has 1 aliphatic rings. The molecule has 0 aromatic heterocycles. The Bertz CT molecular complexity index is 410. The molecule has 2 aromatic carbocycles. The second-order valence-corrected chi connectivity index (χ2v) is 6.21. The molecule has 2 N–H and O–H groups in total. The first-order chi connectivity index (χ1) is 13.6. The number of hydrogen-bond acceptors (Lipinski definition) is 2. The zero-order valence-corrected chi connectivity index (χ0v) is 22.4. The van der Waals surface area contributed by atoms with Gasteiger partial charge in [0.1, 0.15) is 11.5 Å². The van der Waals surface area contributed by atoms with Crippen LogP contribution in [-0.2, 0) is 0 Å². The molecule has 4 heteroatoms. The minimum absolute atomic E-state index is 0.322. The number of para-hydroxylation sites is 2. The van der Waals surface area contributed by atoms with Crippen LogP contribution in [0.1, 0.15) is 79.1 Å². The molecule has 28 heavy (non-hydrogen) atoms. The van der Waals surface area contributed by atoms with E-state index < -0.39 is 0 Å². The van der Waals surface area contributed by atoms with E-state index in [1.165, 1.54) is 51.4 Å². The van der Waals surface area contributed by atoms with Gasteiger partial charge in [-0.2, -0.15) is 0 Å². The number of hydrogen-bond donors (Lipinski definition) is 2. The average Bonchev–Trinajstić information content (AvgIpc) is 2.74. The molecule has 0 heterocycles. The highest BCUT2D eigenvalue weighted by atomic mass is 128. The number of aromatic hydroxyl groups is 2. The lowest BCUT2D eigenvalue weighted by Crippen LogP contribution is -1.85. The van der Waals surface area contributed by atoms with E-state index in [9.17, 15) is 0 Å². The van der Waals surface area contributed by atoms with Crippen molar-refractivity contribution in [3.8, 4) is 11.5 Å². The van der Waals surface area contributed by atoms with Crippen LogP contribution in [0.3, 0.4) is 0 Å². The van der Waals surface area contributed by atoms with E-state index in [4.69, 9.17) is 10.2 Å². The third-order valence-corrected chi connectivity index (χ3v) is 3.01. The molecule has 0 bridgehead atoms. The number of phenolic OH excluding ortho intramolecular Hbond substituents is 2. The first kappa shape index (κ1) is 32.2. The minimum Gasteiger partial charge on any atom is -0.508 e. The molecular formula is C24H40I2O2. The third kappa shape index (κ3) is 33.1. The van der Waals surface area contributed by atoms with E-state index in [1.54, 1.807) is 48.5 Å². The summed E-state index contributed by atoms with van der Waals surface area (Å²) in [6, 6.07) is 17.4. The van der Waals surface area contributed by atoms with Gasteiger partial charge >= 0.3 is 0 Å². The van der Waals surface area contributed by atoms with Crippen LogP contribution in [0.15, 0.2) is 60.7 Å². The molecule has 162 valence electrons. The molecule has 0 saturated heterocycles. The van der Waals surface area contributed by atoms with E-state index in [1.807, 2.05) is 12.1 Å². The lowest BCUT2D eigenvalue weighted by Gasteiger charge is -2.05. The van der Waals surface area contributed by atoms with E-state index in [0.29, 0.717) is 11.5 Å². The molecule has 0 unspecified atom stereocenters. The van der Waals surface area contributed by atoms with E-state index >= 15 is 0 Å². The minimum atomic E-state index is 0.322. The van der Waals surface area contributed by atoms with Crippen molar-refractivity contribution in [2.75, 3.05) is 0 Å². The normalized spacial score (nSPS) is 10.9. The molecule has 1 saturated carbocycles. The summed E-state index contributed by atoms with van der Waals surface area (Å²) in [6.07, 6.45) is 11.5. The van der Waals surface area contributed by atoms with Crippen molar-refractivity contribution < 1.29 is 10.2 Å². The van der Waals surface area contributed by atoms with Crippen LogP contribution in [0.2, 0.25) is 0 Å². The molecular weight excluding hydrogens is 574 g/mol. The molecule has 0 spiro atoms. The Hall–Kier alpha value is -0.500. The first-order valence-corrected chi connectivity index (χ1v) is 16.5. The Kier molecular flexibility index (Phi) is 35.9. The number of rotatable bonds is 0. The van der Waals surface area contributed by atoms with Gasteiger partial charge < -0.3 is 10.2 Å². The second-order valence-electron chi connectivity index (χ2n) is 6.21. The lowest BCUT2D eigenvalue weighted by atomic mass is 10.0. The highest BCUT2D eigenvalue weighted by Gasteiger charge is 1.95. The van der Waals surface area contributed by atoms with E-state index in [-0.39, 0.29) is 0 Å². The number of benzene rings is 2. The summed E-state index contributed by atoms with van der Waals surface area (Å²) in [5.41, 5.74) is 0. The van der Waals surface area contributed by atoms with Gasteiger partial charge in [0, 0.05) is 37.2 Å². The standard InChI is InChI=1S/2C6H6O.C6H12.2C3H8.I2/c2*7-6-4-2-1-3-5-6;1-2-4-6-5-3-1;2*1-3-2;1-2/h2*1-5,7H;1-6H2;2*3H2,1-2H3;. The fraction of sp³-hybridized carbons (Fsp3) is 0.500. The maximum absolute atomic E-state index is 8.63. The number of halogens is 2. The smallest absolute Gasteiger partial charge is 0.115 e. The van der Waals surface area contributed by atoms with Gasteiger partial charge in [-0.1, -0.05) is 115 Å². The van der Waals surface area contributed by atoms with Crippen molar-refractivity contribution in [3.63, 3.8) is 0 Å². The van der Waals surface area contributed by atoms with Gasteiger partial charge in [-0.15, -0.1) is 0 Å². The van der Waals surface area contributed by atoms with Crippen molar-refractivity contribution in [1.29, 1.82) is 0 Å². The fourth-order valence-corrected chi connectivity index (χ4v) is 1.92. The van der Waals surface area contributed by atoms with Gasteiger partial charge in [-0.25, -0.2) is 0 Å². The molecule has 3 rings (SSSR count). The van der Waals surface area contributed by atoms with Crippen LogP contribution >= 0.6 is 37.2 Å². The molecule has 0 radical (unpaired) electrons. The molecule has 0 amide bonds. The highest BCUT2D eigenvalue weighted by Crippen LogP contribution is 2.15. The van der Waals surface area contributed by atoms with Gasteiger partial charge in [-0.05, 0) is 24.3 Å². The molecule has 2 nitrogen and oxygen atoms in total. The topological polar surface area (TPSA) is 40.5 Å². The SMILES string of the molecule is C1CCCCC1.CCC.CCC.II.Oc1ccccc1.Oc1ccccc1. The van der Waals surface area contributed by atoms with Crippen LogP contribution in [0.5, 0.6) is 11.5 Å². The Balaban J connectivity index is -0.000000284. The monoisotopic (exact) mass is 614 g/mol. The van der Waals surface area contributed by atoms with Crippen LogP contribution < -0.4 is 0 Å². The van der Waals surface area contributed by atoms with Gasteiger partial charge in [-0.3, -0.25) is 0 Å². The van der Waals surface area contributed by atoms with Crippen molar-refractivity contribution >= 4 is 37.2 Å². The molecule has 1 aliphatic carbocycles. The lowest BCUT2D eigenvalue weighted by molar-refractivity contribution is 0.475.